The summed E-state index contributed by atoms with van der Waals surface area (Å²) in [4.78, 5) is 55.6. The predicted molar refractivity (Wildman–Crippen MR) is 69.7 cm³/mol. The highest BCUT2D eigenvalue weighted by Crippen LogP contribution is 2.03. The van der Waals surface area contributed by atoms with Gasteiger partial charge in [0.1, 0.15) is 6.04 Å². The second-order valence-electron chi connectivity index (χ2n) is 4.38. The van der Waals surface area contributed by atoms with Crippen molar-refractivity contribution in [3.8, 4) is 0 Å². The van der Waals surface area contributed by atoms with Crippen molar-refractivity contribution in [1.82, 2.24) is 10.2 Å². The van der Waals surface area contributed by atoms with E-state index in [4.69, 9.17) is 21.1 Å². The van der Waals surface area contributed by atoms with Gasteiger partial charge < -0.3 is 31.3 Å². The van der Waals surface area contributed by atoms with Gasteiger partial charge in [-0.15, -0.1) is 0 Å². The molecule has 11 heteroatoms. The zero-order valence-electron chi connectivity index (χ0n) is 11.7. The van der Waals surface area contributed by atoms with Gasteiger partial charge in [-0.1, -0.05) is 0 Å². The highest BCUT2D eigenvalue weighted by molar-refractivity contribution is 5.91. The van der Waals surface area contributed by atoms with Gasteiger partial charge in [-0.2, -0.15) is 0 Å². The molecule has 22 heavy (non-hydrogen) atoms. The van der Waals surface area contributed by atoms with E-state index in [0.29, 0.717) is 4.90 Å². The van der Waals surface area contributed by atoms with Gasteiger partial charge in [-0.05, 0) is 0 Å². The number of hydrogen-bond acceptors (Lipinski definition) is 6. The second-order valence-corrected chi connectivity index (χ2v) is 4.38. The van der Waals surface area contributed by atoms with Crippen LogP contribution in [0.15, 0.2) is 0 Å². The zero-order chi connectivity index (χ0) is 17.4. The van der Waals surface area contributed by atoms with E-state index in [9.17, 15) is 24.0 Å². The molecular weight excluding hydrogens is 302 g/mol. The molecule has 11 nitrogen and oxygen atoms in total. The predicted octanol–water partition coefficient (Wildman–Crippen LogP) is -2.71. The van der Waals surface area contributed by atoms with Crippen molar-refractivity contribution < 1.29 is 39.3 Å². The Bertz CT molecular complexity index is 478. The van der Waals surface area contributed by atoms with Crippen LogP contribution in [0.25, 0.3) is 0 Å². The lowest BCUT2D eigenvalue weighted by Crippen LogP contribution is -2.50. The van der Waals surface area contributed by atoms with Crippen molar-refractivity contribution in [2.45, 2.75) is 24.9 Å². The Morgan fingerprint density at radius 1 is 1.05 bits per heavy atom. The SMILES string of the molecule is CN(C(=O)CNC(=O)[C@@H](N)CC(=O)O)[C@@H](CC(=O)O)C(=O)O. The number of carbonyl (C=O) groups is 5. The van der Waals surface area contributed by atoms with Crippen LogP contribution >= 0.6 is 0 Å². The van der Waals surface area contributed by atoms with Gasteiger partial charge in [0, 0.05) is 7.05 Å². The Labute approximate surface area is 124 Å². The zero-order valence-corrected chi connectivity index (χ0v) is 11.7. The van der Waals surface area contributed by atoms with Crippen LogP contribution in [-0.4, -0.2) is 75.6 Å². The number of rotatable bonds is 9. The van der Waals surface area contributed by atoms with Gasteiger partial charge in [0.15, 0.2) is 0 Å². The van der Waals surface area contributed by atoms with Gasteiger partial charge in [-0.3, -0.25) is 19.2 Å². The topological polar surface area (TPSA) is 187 Å². The average molecular weight is 319 g/mol. The number of nitrogens with one attached hydrogen (secondary N) is 1. The van der Waals surface area contributed by atoms with E-state index in [1.807, 2.05) is 0 Å². The number of likely N-dealkylation sites (N-methyl/N-ethyl adjacent to an activating group) is 1. The Hall–Kier alpha value is -2.69. The number of carboxylic acids is 3. The molecule has 0 saturated carbocycles. The summed E-state index contributed by atoms with van der Waals surface area (Å²) in [6.45, 7) is -0.633. The summed E-state index contributed by atoms with van der Waals surface area (Å²) in [6, 6.07) is -2.94. The van der Waals surface area contributed by atoms with E-state index in [0.717, 1.165) is 7.05 Å². The fourth-order valence-corrected chi connectivity index (χ4v) is 1.43. The van der Waals surface area contributed by atoms with Crippen LogP contribution in [0.4, 0.5) is 0 Å². The third-order valence-corrected chi connectivity index (χ3v) is 2.66. The molecule has 2 atom stereocenters. The van der Waals surface area contributed by atoms with Crippen molar-refractivity contribution >= 4 is 29.7 Å². The third-order valence-electron chi connectivity index (χ3n) is 2.66. The summed E-state index contributed by atoms with van der Waals surface area (Å²) in [5, 5.41) is 28.0. The number of hydrogen-bond donors (Lipinski definition) is 5. The molecule has 2 amide bonds. The highest BCUT2D eigenvalue weighted by atomic mass is 16.4. The normalized spacial score (nSPS) is 12.8. The second kappa shape index (κ2) is 8.56. The summed E-state index contributed by atoms with van der Waals surface area (Å²) < 4.78 is 0. The van der Waals surface area contributed by atoms with E-state index in [1.54, 1.807) is 0 Å². The Morgan fingerprint density at radius 2 is 1.55 bits per heavy atom. The lowest BCUT2D eigenvalue weighted by atomic mass is 10.2. The van der Waals surface area contributed by atoms with Crippen LogP contribution in [-0.2, 0) is 24.0 Å². The van der Waals surface area contributed by atoms with Crippen LogP contribution in [0, 0.1) is 0 Å². The Balaban J connectivity index is 4.57. The minimum Gasteiger partial charge on any atom is -0.481 e. The van der Waals surface area contributed by atoms with Gasteiger partial charge >= 0.3 is 17.9 Å². The average Bonchev–Trinajstić information content (AvgIpc) is 2.39. The maximum absolute atomic E-state index is 11.7. The molecule has 0 rings (SSSR count). The molecule has 0 unspecified atom stereocenters. The van der Waals surface area contributed by atoms with Crippen LogP contribution in [0.3, 0.4) is 0 Å². The van der Waals surface area contributed by atoms with Gasteiger partial charge in [0.2, 0.25) is 11.8 Å². The number of amides is 2. The standard InChI is InChI=1S/C11H17N3O8/c1-14(6(11(21)22)3-9(18)19)7(15)4-13-10(20)5(12)2-8(16)17/h5-6H,2-4,12H2,1H3,(H,13,20)(H,16,17)(H,18,19)(H,21,22)/t5-,6-/m0/s1. The smallest absolute Gasteiger partial charge is 0.327 e. The Morgan fingerprint density at radius 3 is 1.95 bits per heavy atom. The molecule has 0 aromatic carbocycles. The molecule has 124 valence electrons. The molecule has 0 radical (unpaired) electrons. The molecule has 0 fully saturated rings. The van der Waals surface area contributed by atoms with E-state index >= 15 is 0 Å². The molecular formula is C11H17N3O8. The number of carbonyl (C=O) groups excluding carboxylic acids is 2. The summed E-state index contributed by atoms with van der Waals surface area (Å²) in [6.07, 6.45) is -1.43. The first-order valence-electron chi connectivity index (χ1n) is 6.01. The van der Waals surface area contributed by atoms with Gasteiger partial charge in [0.05, 0.1) is 25.4 Å². The molecule has 0 spiro atoms. The van der Waals surface area contributed by atoms with Crippen LogP contribution in [0.2, 0.25) is 0 Å². The lowest BCUT2D eigenvalue weighted by molar-refractivity contribution is -0.153. The first-order valence-corrected chi connectivity index (χ1v) is 6.01. The molecule has 0 aliphatic heterocycles. The van der Waals surface area contributed by atoms with Crippen molar-refractivity contribution in [1.29, 1.82) is 0 Å². The molecule has 0 bridgehead atoms. The maximum atomic E-state index is 11.7. The number of nitrogens with two attached hydrogens (primary N) is 1. The quantitative estimate of drug-likeness (QED) is 0.301. The fraction of sp³-hybridized carbons (Fsp3) is 0.545. The van der Waals surface area contributed by atoms with E-state index in [1.165, 1.54) is 0 Å². The van der Waals surface area contributed by atoms with Gasteiger partial charge in [0.25, 0.3) is 0 Å². The van der Waals surface area contributed by atoms with Crippen molar-refractivity contribution in [3.05, 3.63) is 0 Å². The van der Waals surface area contributed by atoms with Crippen LogP contribution < -0.4 is 11.1 Å². The van der Waals surface area contributed by atoms with Gasteiger partial charge in [-0.25, -0.2) is 4.79 Å². The van der Waals surface area contributed by atoms with Crippen molar-refractivity contribution in [3.63, 3.8) is 0 Å². The minimum atomic E-state index is -1.59. The third kappa shape index (κ3) is 6.65. The maximum Gasteiger partial charge on any atom is 0.327 e. The van der Waals surface area contributed by atoms with Crippen molar-refractivity contribution in [2.24, 2.45) is 5.73 Å². The molecule has 0 aromatic rings. The minimum absolute atomic E-state index is 0.632. The first-order chi connectivity index (χ1) is 10.1. The first kappa shape index (κ1) is 19.3. The van der Waals surface area contributed by atoms with Crippen LogP contribution in [0.5, 0.6) is 0 Å². The summed E-state index contributed by atoms with van der Waals surface area (Å²) in [7, 11) is 1.08. The molecule has 0 saturated heterocycles. The molecule has 0 aromatic heterocycles. The van der Waals surface area contributed by atoms with Crippen molar-refractivity contribution in [2.75, 3.05) is 13.6 Å². The highest BCUT2D eigenvalue weighted by Gasteiger charge is 2.29. The lowest BCUT2D eigenvalue weighted by Gasteiger charge is -2.24. The molecule has 0 aliphatic rings. The summed E-state index contributed by atoms with van der Waals surface area (Å²) >= 11 is 0. The number of aliphatic carboxylic acids is 3. The largest absolute Gasteiger partial charge is 0.481 e. The monoisotopic (exact) mass is 319 g/mol. The van der Waals surface area contributed by atoms with E-state index < -0.39 is 61.2 Å². The molecule has 0 heterocycles. The molecule has 0 aliphatic carbocycles. The van der Waals surface area contributed by atoms with E-state index in [-0.39, 0.29) is 0 Å². The molecule has 6 N–H and O–H groups in total. The summed E-state index contributed by atoms with van der Waals surface area (Å²) in [5.74, 6) is -5.95. The Kier molecular flexibility index (Phi) is 7.52. The van der Waals surface area contributed by atoms with E-state index in [2.05, 4.69) is 5.32 Å². The summed E-state index contributed by atoms with van der Waals surface area (Å²) in [5.41, 5.74) is 5.26. The fourth-order valence-electron chi connectivity index (χ4n) is 1.43. The number of nitrogens with zero attached hydrogens (tertiary/aromatic N) is 1. The number of carboxylic acid groups (broad SMARTS) is 3. The van der Waals surface area contributed by atoms with Crippen LogP contribution in [0.1, 0.15) is 12.8 Å².